The molecule has 0 N–H and O–H groups in total. The van der Waals surface area contributed by atoms with Crippen LogP contribution < -0.4 is 0 Å². The van der Waals surface area contributed by atoms with Gasteiger partial charge in [0, 0.05) is 0 Å². The highest BCUT2D eigenvalue weighted by atomic mass is 15.1. The molecule has 0 aliphatic carbocycles. The van der Waals surface area contributed by atoms with E-state index >= 15 is 0 Å². The number of nitrogens with zero attached hydrogens (tertiary/aromatic N) is 1. The van der Waals surface area contributed by atoms with Gasteiger partial charge in [-0.15, -0.1) is 0 Å². The maximum Gasteiger partial charge on any atom is -0.00168 e. The van der Waals surface area contributed by atoms with E-state index < -0.39 is 0 Å². The third-order valence-electron chi connectivity index (χ3n) is 3.21. The summed E-state index contributed by atoms with van der Waals surface area (Å²) in [6, 6.07) is 0. The van der Waals surface area contributed by atoms with Crippen LogP contribution in [0.4, 0.5) is 0 Å². The van der Waals surface area contributed by atoms with Crippen molar-refractivity contribution in [1.29, 1.82) is 0 Å². The maximum absolute atomic E-state index is 2.49. The molecule has 17 heavy (non-hydrogen) atoms. The summed E-state index contributed by atoms with van der Waals surface area (Å²) in [7, 11) is 2.26. The molecule has 1 nitrogen and oxygen atoms in total. The first-order valence-electron chi connectivity index (χ1n) is 7.29. The second kappa shape index (κ2) is 7.41. The van der Waals surface area contributed by atoms with Crippen molar-refractivity contribution in [3.63, 3.8) is 0 Å². The van der Waals surface area contributed by atoms with E-state index in [2.05, 4.69) is 53.5 Å². The monoisotopic (exact) mass is 241 g/mol. The van der Waals surface area contributed by atoms with E-state index in [0.717, 1.165) is 0 Å². The first-order chi connectivity index (χ1) is 7.60. The molecule has 0 unspecified atom stereocenters. The molecule has 0 aromatic carbocycles. The third-order valence-corrected chi connectivity index (χ3v) is 3.21. The van der Waals surface area contributed by atoms with Gasteiger partial charge in [0.25, 0.3) is 0 Å². The zero-order valence-corrected chi connectivity index (χ0v) is 13.4. The van der Waals surface area contributed by atoms with Gasteiger partial charge < -0.3 is 4.90 Å². The number of hydrogen-bond donors (Lipinski definition) is 0. The van der Waals surface area contributed by atoms with Gasteiger partial charge in [0.2, 0.25) is 0 Å². The average molecular weight is 241 g/mol. The van der Waals surface area contributed by atoms with E-state index in [-0.39, 0.29) is 0 Å². The minimum atomic E-state index is 0.473. The Hall–Kier alpha value is -0.0400. The van der Waals surface area contributed by atoms with E-state index in [9.17, 15) is 0 Å². The summed E-state index contributed by atoms with van der Waals surface area (Å²) in [6.45, 7) is 16.5. The van der Waals surface area contributed by atoms with Gasteiger partial charge in [-0.3, -0.25) is 0 Å². The molecule has 0 rings (SSSR count). The predicted octanol–water partition coefficient (Wildman–Crippen LogP) is 4.96. The van der Waals surface area contributed by atoms with Gasteiger partial charge in [-0.25, -0.2) is 0 Å². The molecule has 0 aromatic heterocycles. The summed E-state index contributed by atoms with van der Waals surface area (Å²) >= 11 is 0. The van der Waals surface area contributed by atoms with Crippen molar-refractivity contribution in [3.05, 3.63) is 0 Å². The quantitative estimate of drug-likeness (QED) is 0.569. The molecule has 1 heteroatoms. The van der Waals surface area contributed by atoms with Crippen LogP contribution in [-0.2, 0) is 0 Å². The summed E-state index contributed by atoms with van der Waals surface area (Å²) in [5.74, 6) is 0. The highest BCUT2D eigenvalue weighted by Gasteiger charge is 2.11. The first kappa shape index (κ1) is 17.0. The lowest BCUT2D eigenvalue weighted by atomic mass is 9.89. The van der Waals surface area contributed by atoms with Crippen LogP contribution in [0.3, 0.4) is 0 Å². The Morgan fingerprint density at radius 2 is 1.18 bits per heavy atom. The summed E-state index contributed by atoms with van der Waals surface area (Å²) in [5, 5.41) is 0. The molecule has 0 saturated heterocycles. The molecule has 0 amide bonds. The van der Waals surface area contributed by atoms with Gasteiger partial charge in [0.05, 0.1) is 0 Å². The smallest absolute Gasteiger partial charge is 0.00168 e. The number of unbranched alkanes of at least 4 members (excludes halogenated alkanes) is 2. The topological polar surface area (TPSA) is 3.24 Å². The molecule has 0 atom stereocenters. The fourth-order valence-electron chi connectivity index (χ4n) is 1.85. The van der Waals surface area contributed by atoms with E-state index in [1.807, 2.05) is 0 Å². The van der Waals surface area contributed by atoms with Crippen LogP contribution in [0, 0.1) is 10.8 Å². The fourth-order valence-corrected chi connectivity index (χ4v) is 1.85. The van der Waals surface area contributed by atoms with Crippen molar-refractivity contribution in [2.24, 2.45) is 10.8 Å². The van der Waals surface area contributed by atoms with Gasteiger partial charge in [-0.2, -0.15) is 0 Å². The zero-order valence-electron chi connectivity index (χ0n) is 13.4. The molecule has 0 fully saturated rings. The van der Waals surface area contributed by atoms with Crippen LogP contribution >= 0.6 is 0 Å². The van der Waals surface area contributed by atoms with E-state index in [0.29, 0.717) is 10.8 Å². The van der Waals surface area contributed by atoms with Crippen molar-refractivity contribution in [3.8, 4) is 0 Å². The second-order valence-corrected chi connectivity index (χ2v) is 7.99. The van der Waals surface area contributed by atoms with E-state index in [1.54, 1.807) is 0 Å². The number of rotatable bonds is 7. The van der Waals surface area contributed by atoms with Gasteiger partial charge in [-0.05, 0) is 50.2 Å². The standard InChI is InChI=1S/C16H35N/c1-15(2,3)11-9-8-10-13-17(7)14-12-16(4,5)6/h8-14H2,1-7H3. The Balaban J connectivity index is 3.43. The molecule has 0 heterocycles. The second-order valence-electron chi connectivity index (χ2n) is 7.99. The van der Waals surface area contributed by atoms with Crippen molar-refractivity contribution in [2.45, 2.75) is 73.6 Å². The molecule has 0 aliphatic heterocycles. The Kier molecular flexibility index (Phi) is 7.39. The molecule has 0 bridgehead atoms. The van der Waals surface area contributed by atoms with Gasteiger partial charge in [0.1, 0.15) is 0 Å². The largest absolute Gasteiger partial charge is 0.306 e. The van der Waals surface area contributed by atoms with Crippen LogP contribution in [-0.4, -0.2) is 25.0 Å². The first-order valence-corrected chi connectivity index (χ1v) is 7.29. The number of hydrogen-bond acceptors (Lipinski definition) is 1. The van der Waals surface area contributed by atoms with Crippen LogP contribution in [0.25, 0.3) is 0 Å². The zero-order chi connectivity index (χ0) is 13.5. The summed E-state index contributed by atoms with van der Waals surface area (Å²) < 4.78 is 0. The molecule has 0 aliphatic rings. The van der Waals surface area contributed by atoms with E-state index in [4.69, 9.17) is 0 Å². The van der Waals surface area contributed by atoms with Crippen molar-refractivity contribution in [1.82, 2.24) is 4.90 Å². The van der Waals surface area contributed by atoms with Crippen LogP contribution in [0.1, 0.15) is 73.6 Å². The fraction of sp³-hybridized carbons (Fsp3) is 1.00. The summed E-state index contributed by atoms with van der Waals surface area (Å²) in [6.07, 6.45) is 6.79. The predicted molar refractivity (Wildman–Crippen MR) is 79.5 cm³/mol. The minimum Gasteiger partial charge on any atom is -0.306 e. The Morgan fingerprint density at radius 3 is 1.65 bits per heavy atom. The molecule has 0 radical (unpaired) electrons. The summed E-state index contributed by atoms with van der Waals surface area (Å²) in [4.78, 5) is 2.49. The Morgan fingerprint density at radius 1 is 0.647 bits per heavy atom. The highest BCUT2D eigenvalue weighted by Crippen LogP contribution is 2.22. The lowest BCUT2D eigenvalue weighted by molar-refractivity contribution is 0.257. The molecule has 0 spiro atoms. The Labute approximate surface area is 110 Å². The van der Waals surface area contributed by atoms with Crippen LogP contribution in [0.5, 0.6) is 0 Å². The van der Waals surface area contributed by atoms with Crippen LogP contribution in [0.15, 0.2) is 0 Å². The average Bonchev–Trinajstić information content (AvgIpc) is 2.11. The highest BCUT2D eigenvalue weighted by molar-refractivity contribution is 4.65. The molecule has 0 aromatic rings. The molecule has 0 saturated carbocycles. The van der Waals surface area contributed by atoms with E-state index in [1.165, 1.54) is 45.2 Å². The lowest BCUT2D eigenvalue weighted by Gasteiger charge is -2.23. The molecular formula is C16H35N. The van der Waals surface area contributed by atoms with Gasteiger partial charge in [-0.1, -0.05) is 54.4 Å². The van der Waals surface area contributed by atoms with Gasteiger partial charge >= 0.3 is 0 Å². The normalized spacial score (nSPS) is 13.4. The Bertz CT molecular complexity index is 183. The van der Waals surface area contributed by atoms with Crippen molar-refractivity contribution >= 4 is 0 Å². The van der Waals surface area contributed by atoms with Crippen molar-refractivity contribution < 1.29 is 0 Å². The summed E-state index contributed by atoms with van der Waals surface area (Å²) in [5.41, 5.74) is 0.985. The maximum atomic E-state index is 2.49. The van der Waals surface area contributed by atoms with Gasteiger partial charge in [0.15, 0.2) is 0 Å². The minimum absolute atomic E-state index is 0.473. The third kappa shape index (κ3) is 13.9. The van der Waals surface area contributed by atoms with Crippen LogP contribution in [0.2, 0.25) is 0 Å². The SMILES string of the molecule is CN(CCCCCC(C)(C)C)CCC(C)(C)C. The van der Waals surface area contributed by atoms with Crippen molar-refractivity contribution in [2.75, 3.05) is 20.1 Å². The molecule has 104 valence electrons. The lowest BCUT2D eigenvalue weighted by Crippen LogP contribution is -2.24. The molecular weight excluding hydrogens is 206 g/mol.